The third kappa shape index (κ3) is 3.58. The fourth-order valence-electron chi connectivity index (χ4n) is 1.92. The van der Waals surface area contributed by atoms with E-state index in [9.17, 15) is 8.42 Å². The van der Waals surface area contributed by atoms with E-state index >= 15 is 0 Å². The molecule has 0 spiro atoms. The van der Waals surface area contributed by atoms with Gasteiger partial charge in [-0.15, -0.1) is 6.58 Å². The molecule has 0 bridgehead atoms. The van der Waals surface area contributed by atoms with Crippen molar-refractivity contribution in [3.05, 3.63) is 35.9 Å². The topological polar surface area (TPSA) is 55.4 Å². The molecule has 1 N–H and O–H groups in total. The lowest BCUT2D eigenvalue weighted by Gasteiger charge is -2.16. The highest BCUT2D eigenvalue weighted by atomic mass is 32.2. The zero-order valence-electron chi connectivity index (χ0n) is 11.9. The molecule has 5 heteroatoms. The Labute approximate surface area is 115 Å². The second-order valence-electron chi connectivity index (χ2n) is 4.65. The summed E-state index contributed by atoms with van der Waals surface area (Å²) in [6, 6.07) is 3.45. The van der Waals surface area contributed by atoms with Crippen LogP contribution >= 0.6 is 0 Å². The van der Waals surface area contributed by atoms with Crippen LogP contribution in [0.25, 0.3) is 0 Å². The maximum atomic E-state index is 12.2. The summed E-state index contributed by atoms with van der Waals surface area (Å²) in [4.78, 5) is 0.172. The highest BCUT2D eigenvalue weighted by molar-refractivity contribution is 7.89. The minimum Gasteiger partial charge on any atom is -0.495 e. The molecule has 0 atom stereocenters. The van der Waals surface area contributed by atoms with Crippen LogP contribution in [-0.4, -0.2) is 22.1 Å². The van der Waals surface area contributed by atoms with Crippen LogP contribution in [0.1, 0.15) is 30.9 Å². The first kappa shape index (κ1) is 15.7. The average molecular weight is 283 g/mol. The summed E-state index contributed by atoms with van der Waals surface area (Å²) in [5.74, 6) is 0.609. The molecule has 0 heterocycles. The molecule has 0 saturated heterocycles. The fourth-order valence-corrected chi connectivity index (χ4v) is 3.10. The molecule has 1 rings (SSSR count). The van der Waals surface area contributed by atoms with Gasteiger partial charge in [0.1, 0.15) is 10.6 Å². The lowest BCUT2D eigenvalue weighted by Crippen LogP contribution is -2.24. The maximum absolute atomic E-state index is 12.2. The minimum absolute atomic E-state index is 0.172. The molecule has 0 saturated carbocycles. The van der Waals surface area contributed by atoms with Gasteiger partial charge >= 0.3 is 0 Å². The first-order valence-corrected chi connectivity index (χ1v) is 7.61. The summed E-state index contributed by atoms with van der Waals surface area (Å²) in [6.07, 6.45) is 1.50. The maximum Gasteiger partial charge on any atom is 0.244 e. The number of hydrogen-bond donors (Lipinski definition) is 1. The van der Waals surface area contributed by atoms with Gasteiger partial charge in [-0.1, -0.05) is 19.9 Å². The van der Waals surface area contributed by atoms with Crippen LogP contribution in [0, 0.1) is 6.92 Å². The molecule has 106 valence electrons. The van der Waals surface area contributed by atoms with Gasteiger partial charge in [-0.25, -0.2) is 13.1 Å². The van der Waals surface area contributed by atoms with Crippen LogP contribution < -0.4 is 9.46 Å². The number of methoxy groups -OCH3 is 1. The Morgan fingerprint density at radius 2 is 2.05 bits per heavy atom. The van der Waals surface area contributed by atoms with Crippen molar-refractivity contribution in [1.82, 2.24) is 4.72 Å². The number of rotatable bonds is 6. The average Bonchev–Trinajstić information content (AvgIpc) is 2.35. The molecule has 0 amide bonds. The molecule has 0 aliphatic rings. The summed E-state index contributed by atoms with van der Waals surface area (Å²) in [5.41, 5.74) is 2.02. The van der Waals surface area contributed by atoms with Crippen molar-refractivity contribution >= 4 is 10.0 Å². The number of aryl methyl sites for hydroxylation is 1. The first-order chi connectivity index (χ1) is 8.83. The number of hydrogen-bond acceptors (Lipinski definition) is 3. The van der Waals surface area contributed by atoms with Crippen molar-refractivity contribution in [2.75, 3.05) is 13.7 Å². The summed E-state index contributed by atoms with van der Waals surface area (Å²) in [5, 5.41) is 0. The predicted molar refractivity (Wildman–Crippen MR) is 77.2 cm³/mol. The van der Waals surface area contributed by atoms with Gasteiger partial charge in [-0.3, -0.25) is 0 Å². The third-order valence-electron chi connectivity index (χ3n) is 2.88. The number of benzene rings is 1. The SMILES string of the molecule is C=CCNS(=O)(=O)c1cc(C(C)C)c(C)cc1OC. The van der Waals surface area contributed by atoms with Gasteiger partial charge in [0.05, 0.1) is 7.11 Å². The molecule has 0 aliphatic carbocycles. The lowest BCUT2D eigenvalue weighted by molar-refractivity contribution is 0.401. The Kier molecular flexibility index (Phi) is 5.14. The second-order valence-corrected chi connectivity index (χ2v) is 6.39. The van der Waals surface area contributed by atoms with Gasteiger partial charge < -0.3 is 4.74 Å². The molecule has 0 unspecified atom stereocenters. The Morgan fingerprint density at radius 1 is 1.42 bits per heavy atom. The second kappa shape index (κ2) is 6.21. The summed E-state index contributed by atoms with van der Waals surface area (Å²) in [6.45, 7) is 9.70. The van der Waals surface area contributed by atoms with Gasteiger partial charge in [0.2, 0.25) is 10.0 Å². The van der Waals surface area contributed by atoms with Gasteiger partial charge in [0, 0.05) is 6.54 Å². The van der Waals surface area contributed by atoms with E-state index in [-0.39, 0.29) is 17.4 Å². The van der Waals surface area contributed by atoms with Crippen LogP contribution in [-0.2, 0) is 10.0 Å². The molecule has 1 aromatic rings. The molecule has 0 fully saturated rings. The molecular formula is C14H21NO3S. The predicted octanol–water partition coefficient (Wildman–Crippen LogP) is 2.59. The van der Waals surface area contributed by atoms with Gasteiger partial charge in [0.25, 0.3) is 0 Å². The zero-order valence-corrected chi connectivity index (χ0v) is 12.7. The third-order valence-corrected chi connectivity index (χ3v) is 4.33. The Hall–Kier alpha value is -1.33. The van der Waals surface area contributed by atoms with E-state index < -0.39 is 10.0 Å². The molecule has 1 aromatic carbocycles. The molecule has 19 heavy (non-hydrogen) atoms. The van der Waals surface area contributed by atoms with E-state index in [2.05, 4.69) is 11.3 Å². The minimum atomic E-state index is -3.58. The number of nitrogens with one attached hydrogen (secondary N) is 1. The standard InChI is InChI=1S/C14H21NO3S/c1-6-7-15-19(16,17)14-9-12(10(2)3)11(4)8-13(14)18-5/h6,8-10,15H,1,7H2,2-5H3. The van der Waals surface area contributed by atoms with Crippen LogP contribution in [0.15, 0.2) is 29.7 Å². The van der Waals surface area contributed by atoms with Crippen molar-refractivity contribution in [3.8, 4) is 5.75 Å². The van der Waals surface area contributed by atoms with Gasteiger partial charge in [-0.05, 0) is 36.1 Å². The van der Waals surface area contributed by atoms with Crippen LogP contribution in [0.4, 0.5) is 0 Å². The number of ether oxygens (including phenoxy) is 1. The lowest BCUT2D eigenvalue weighted by atomic mass is 9.98. The smallest absolute Gasteiger partial charge is 0.244 e. The molecule has 0 radical (unpaired) electrons. The summed E-state index contributed by atoms with van der Waals surface area (Å²) >= 11 is 0. The van der Waals surface area contributed by atoms with E-state index in [4.69, 9.17) is 4.74 Å². The highest BCUT2D eigenvalue weighted by Crippen LogP contribution is 2.30. The van der Waals surface area contributed by atoms with Crippen LogP contribution in [0.3, 0.4) is 0 Å². The normalized spacial score (nSPS) is 11.6. The van der Waals surface area contributed by atoms with Gasteiger partial charge in [-0.2, -0.15) is 0 Å². The summed E-state index contributed by atoms with van der Waals surface area (Å²) in [7, 11) is -2.12. The Morgan fingerprint density at radius 3 is 2.53 bits per heavy atom. The Bertz CT molecular complexity index is 562. The van der Waals surface area contributed by atoms with Crippen molar-refractivity contribution < 1.29 is 13.2 Å². The van der Waals surface area contributed by atoms with Crippen molar-refractivity contribution in [3.63, 3.8) is 0 Å². The van der Waals surface area contributed by atoms with Crippen molar-refractivity contribution in [1.29, 1.82) is 0 Å². The monoisotopic (exact) mass is 283 g/mol. The molecule has 0 aromatic heterocycles. The largest absolute Gasteiger partial charge is 0.495 e. The zero-order chi connectivity index (χ0) is 14.6. The quantitative estimate of drug-likeness (QED) is 0.816. The van der Waals surface area contributed by atoms with E-state index in [1.165, 1.54) is 13.2 Å². The van der Waals surface area contributed by atoms with Crippen molar-refractivity contribution in [2.24, 2.45) is 0 Å². The number of sulfonamides is 1. The Balaban J connectivity index is 3.40. The molecular weight excluding hydrogens is 262 g/mol. The van der Waals surface area contributed by atoms with Crippen molar-refractivity contribution in [2.45, 2.75) is 31.6 Å². The van der Waals surface area contributed by atoms with Crippen LogP contribution in [0.2, 0.25) is 0 Å². The van der Waals surface area contributed by atoms with Gasteiger partial charge in [0.15, 0.2) is 0 Å². The van der Waals surface area contributed by atoms with E-state index in [0.29, 0.717) is 5.75 Å². The highest BCUT2D eigenvalue weighted by Gasteiger charge is 2.21. The van der Waals surface area contributed by atoms with E-state index in [1.54, 1.807) is 12.1 Å². The first-order valence-electron chi connectivity index (χ1n) is 6.12. The molecule has 4 nitrogen and oxygen atoms in total. The van der Waals surface area contributed by atoms with Crippen LogP contribution in [0.5, 0.6) is 5.75 Å². The van der Waals surface area contributed by atoms with E-state index in [0.717, 1.165) is 11.1 Å². The van der Waals surface area contributed by atoms with E-state index in [1.807, 2.05) is 20.8 Å². The fraction of sp³-hybridized carbons (Fsp3) is 0.429. The molecule has 0 aliphatic heterocycles. The summed E-state index contributed by atoms with van der Waals surface area (Å²) < 4.78 is 32.1.